The van der Waals surface area contributed by atoms with E-state index in [2.05, 4.69) is 5.32 Å². The maximum absolute atomic E-state index is 11.7. The van der Waals surface area contributed by atoms with Crippen LogP contribution in [0.25, 0.3) is 0 Å². The molecule has 1 unspecified atom stereocenters. The third kappa shape index (κ3) is 4.74. The summed E-state index contributed by atoms with van der Waals surface area (Å²) in [7, 11) is 1.56. The molecule has 1 rings (SSSR count). The number of nitrogens with one attached hydrogen (secondary N) is 1. The molecule has 0 saturated carbocycles. The quantitative estimate of drug-likeness (QED) is 0.801. The van der Waals surface area contributed by atoms with Crippen molar-refractivity contribution in [2.24, 2.45) is 5.73 Å². The maximum Gasteiger partial charge on any atom is 0.258 e. The number of rotatable bonds is 7. The molecule has 1 aromatic carbocycles. The number of amides is 1. The number of nitrogens with two attached hydrogens (primary N) is 1. The molecule has 0 saturated heterocycles. The van der Waals surface area contributed by atoms with Crippen LogP contribution in [-0.4, -0.2) is 25.7 Å². The van der Waals surface area contributed by atoms with Crippen LogP contribution in [0.1, 0.15) is 38.8 Å². The topological polar surface area (TPSA) is 73.6 Å². The lowest BCUT2D eigenvalue weighted by atomic mass is 10.1. The minimum absolute atomic E-state index is 0.0295. The van der Waals surface area contributed by atoms with Crippen LogP contribution >= 0.6 is 0 Å². The summed E-state index contributed by atoms with van der Waals surface area (Å²) in [5.74, 6) is 0.977. The summed E-state index contributed by atoms with van der Waals surface area (Å²) in [6.45, 7) is 5.84. The van der Waals surface area contributed by atoms with Gasteiger partial charge in [0, 0.05) is 12.1 Å². The van der Waals surface area contributed by atoms with Gasteiger partial charge in [-0.1, -0.05) is 13.0 Å². The van der Waals surface area contributed by atoms with Gasteiger partial charge in [-0.05, 0) is 38.0 Å². The van der Waals surface area contributed by atoms with Crippen LogP contribution in [-0.2, 0) is 4.79 Å². The Labute approximate surface area is 120 Å². The van der Waals surface area contributed by atoms with Gasteiger partial charge in [0.05, 0.1) is 7.11 Å². The van der Waals surface area contributed by atoms with Gasteiger partial charge in [-0.15, -0.1) is 0 Å². The Morgan fingerprint density at radius 1 is 1.35 bits per heavy atom. The van der Waals surface area contributed by atoms with E-state index in [1.807, 2.05) is 32.9 Å². The summed E-state index contributed by atoms with van der Waals surface area (Å²) in [6.07, 6.45) is 0.887. The van der Waals surface area contributed by atoms with Gasteiger partial charge >= 0.3 is 0 Å². The Kier molecular flexibility index (Phi) is 6.31. The summed E-state index contributed by atoms with van der Waals surface area (Å²) in [5, 5.41) is 2.84. The van der Waals surface area contributed by atoms with Crippen molar-refractivity contribution < 1.29 is 14.3 Å². The first kappa shape index (κ1) is 16.3. The van der Waals surface area contributed by atoms with Gasteiger partial charge < -0.3 is 20.5 Å². The molecule has 5 nitrogen and oxygen atoms in total. The predicted octanol–water partition coefficient (Wildman–Crippen LogP) is 2.01. The molecule has 1 aromatic rings. The Morgan fingerprint density at radius 3 is 2.60 bits per heavy atom. The average molecular weight is 280 g/mol. The van der Waals surface area contributed by atoms with Crippen molar-refractivity contribution >= 4 is 5.91 Å². The summed E-state index contributed by atoms with van der Waals surface area (Å²) < 4.78 is 10.8. The number of carbonyl (C=O) groups is 1. The van der Waals surface area contributed by atoms with Crippen LogP contribution < -0.4 is 20.5 Å². The molecule has 3 N–H and O–H groups in total. The van der Waals surface area contributed by atoms with Crippen LogP contribution in [0.4, 0.5) is 0 Å². The molecule has 2 atom stereocenters. The zero-order valence-electron chi connectivity index (χ0n) is 12.6. The van der Waals surface area contributed by atoms with Crippen LogP contribution in [0, 0.1) is 0 Å². The number of hydrogen-bond acceptors (Lipinski definition) is 4. The number of carbonyl (C=O) groups excluding carboxylic acids is 1. The fraction of sp³-hybridized carbons (Fsp3) is 0.533. The monoisotopic (exact) mass is 280 g/mol. The van der Waals surface area contributed by atoms with Crippen LogP contribution in [0.5, 0.6) is 11.5 Å². The van der Waals surface area contributed by atoms with E-state index in [4.69, 9.17) is 15.2 Å². The second kappa shape index (κ2) is 7.75. The van der Waals surface area contributed by atoms with E-state index in [-0.39, 0.29) is 24.6 Å². The normalized spacial score (nSPS) is 13.4. The van der Waals surface area contributed by atoms with Crippen molar-refractivity contribution in [1.82, 2.24) is 5.32 Å². The molecule has 0 aliphatic rings. The number of ether oxygens (including phenoxy) is 2. The first-order valence-corrected chi connectivity index (χ1v) is 6.83. The lowest BCUT2D eigenvalue weighted by Gasteiger charge is -2.15. The van der Waals surface area contributed by atoms with E-state index in [9.17, 15) is 4.79 Å². The van der Waals surface area contributed by atoms with Crippen LogP contribution in [0.2, 0.25) is 0 Å². The minimum atomic E-state index is -0.141. The zero-order chi connectivity index (χ0) is 15.1. The van der Waals surface area contributed by atoms with E-state index in [1.54, 1.807) is 13.2 Å². The summed E-state index contributed by atoms with van der Waals surface area (Å²) >= 11 is 0. The second-order valence-corrected chi connectivity index (χ2v) is 4.86. The Balaban J connectivity index is 2.66. The Bertz CT molecular complexity index is 447. The highest BCUT2D eigenvalue weighted by molar-refractivity contribution is 5.77. The molecular formula is C15H24N2O3. The summed E-state index contributed by atoms with van der Waals surface area (Å²) in [6, 6.07) is 5.54. The van der Waals surface area contributed by atoms with E-state index in [0.29, 0.717) is 11.5 Å². The number of methoxy groups -OCH3 is 1. The molecular weight excluding hydrogens is 256 g/mol. The SMILES string of the molecule is CCC(C)NC(=O)COc1ccc([C@@H](C)N)cc1OC. The molecule has 0 spiro atoms. The first-order chi connectivity index (χ1) is 9.47. The Morgan fingerprint density at radius 2 is 2.05 bits per heavy atom. The average Bonchev–Trinajstić information content (AvgIpc) is 2.44. The van der Waals surface area contributed by atoms with E-state index >= 15 is 0 Å². The fourth-order valence-electron chi connectivity index (χ4n) is 1.65. The standard InChI is InChI=1S/C15H24N2O3/c1-5-10(2)17-15(18)9-20-13-7-6-12(11(3)16)8-14(13)19-4/h6-8,10-11H,5,9,16H2,1-4H3,(H,17,18)/t10?,11-/m1/s1. The molecule has 5 heteroatoms. The fourth-order valence-corrected chi connectivity index (χ4v) is 1.65. The molecule has 0 aliphatic carbocycles. The van der Waals surface area contributed by atoms with Gasteiger partial charge in [0.1, 0.15) is 0 Å². The highest BCUT2D eigenvalue weighted by Crippen LogP contribution is 2.29. The highest BCUT2D eigenvalue weighted by atomic mass is 16.5. The molecule has 0 aliphatic heterocycles. The highest BCUT2D eigenvalue weighted by Gasteiger charge is 2.11. The van der Waals surface area contributed by atoms with E-state index < -0.39 is 0 Å². The van der Waals surface area contributed by atoms with E-state index in [0.717, 1.165) is 12.0 Å². The Hall–Kier alpha value is -1.75. The predicted molar refractivity (Wildman–Crippen MR) is 79.0 cm³/mol. The van der Waals surface area contributed by atoms with Gasteiger partial charge in [0.2, 0.25) is 0 Å². The molecule has 20 heavy (non-hydrogen) atoms. The smallest absolute Gasteiger partial charge is 0.258 e. The van der Waals surface area contributed by atoms with Crippen molar-refractivity contribution in [3.63, 3.8) is 0 Å². The number of benzene rings is 1. The van der Waals surface area contributed by atoms with Crippen molar-refractivity contribution in [2.75, 3.05) is 13.7 Å². The van der Waals surface area contributed by atoms with Crippen LogP contribution in [0.15, 0.2) is 18.2 Å². The summed E-state index contributed by atoms with van der Waals surface area (Å²) in [5.41, 5.74) is 6.78. The largest absolute Gasteiger partial charge is 0.493 e. The second-order valence-electron chi connectivity index (χ2n) is 4.86. The molecule has 0 aromatic heterocycles. The third-order valence-electron chi connectivity index (χ3n) is 3.09. The molecule has 0 bridgehead atoms. The van der Waals surface area contributed by atoms with Gasteiger partial charge in [0.25, 0.3) is 5.91 Å². The molecule has 112 valence electrons. The van der Waals surface area contributed by atoms with Gasteiger partial charge in [-0.25, -0.2) is 0 Å². The van der Waals surface area contributed by atoms with Crippen molar-refractivity contribution in [3.05, 3.63) is 23.8 Å². The first-order valence-electron chi connectivity index (χ1n) is 6.83. The molecule has 1 amide bonds. The molecule has 0 fully saturated rings. The van der Waals surface area contributed by atoms with Gasteiger partial charge in [-0.3, -0.25) is 4.79 Å². The maximum atomic E-state index is 11.7. The molecule has 0 radical (unpaired) electrons. The van der Waals surface area contributed by atoms with Crippen molar-refractivity contribution in [2.45, 2.75) is 39.3 Å². The minimum Gasteiger partial charge on any atom is -0.493 e. The molecule has 0 heterocycles. The summed E-state index contributed by atoms with van der Waals surface area (Å²) in [4.78, 5) is 11.7. The third-order valence-corrected chi connectivity index (χ3v) is 3.09. The zero-order valence-corrected chi connectivity index (χ0v) is 12.6. The lowest BCUT2D eigenvalue weighted by molar-refractivity contribution is -0.123. The number of hydrogen-bond donors (Lipinski definition) is 2. The van der Waals surface area contributed by atoms with Crippen molar-refractivity contribution in [1.29, 1.82) is 0 Å². The van der Waals surface area contributed by atoms with Crippen molar-refractivity contribution in [3.8, 4) is 11.5 Å². The lowest BCUT2D eigenvalue weighted by Crippen LogP contribution is -2.35. The van der Waals surface area contributed by atoms with Gasteiger partial charge in [0.15, 0.2) is 18.1 Å². The van der Waals surface area contributed by atoms with Gasteiger partial charge in [-0.2, -0.15) is 0 Å². The van der Waals surface area contributed by atoms with Crippen LogP contribution in [0.3, 0.4) is 0 Å². The van der Waals surface area contributed by atoms with E-state index in [1.165, 1.54) is 0 Å².